The van der Waals surface area contributed by atoms with Gasteiger partial charge in [-0.3, -0.25) is 0 Å². The zero-order chi connectivity index (χ0) is 8.36. The van der Waals surface area contributed by atoms with Gasteiger partial charge in [-0.2, -0.15) is 0 Å². The third-order valence-corrected chi connectivity index (χ3v) is 0.815. The molecule has 0 aromatic rings. The van der Waals surface area contributed by atoms with E-state index in [9.17, 15) is 4.79 Å². The lowest BCUT2D eigenvalue weighted by Crippen LogP contribution is -1.64. The molecule has 66 valence electrons. The van der Waals surface area contributed by atoms with Gasteiger partial charge >= 0.3 is 0 Å². The second-order valence-electron chi connectivity index (χ2n) is 2.18. The highest BCUT2D eigenvalue weighted by Crippen LogP contribution is 1.85. The first-order valence-corrected chi connectivity index (χ1v) is 4.01. The molecule has 0 amide bonds. The van der Waals surface area contributed by atoms with Crippen LogP contribution in [0.25, 0.3) is 0 Å². The standard InChI is InChI=1S/C4H8O.2C2H4O/c1-2-3-4-5;2*1-2-3-1/h4H,2-3H2,1H3;2*1-2H2. The van der Waals surface area contributed by atoms with Gasteiger partial charge in [0.15, 0.2) is 0 Å². The van der Waals surface area contributed by atoms with E-state index in [1.807, 2.05) is 6.92 Å². The van der Waals surface area contributed by atoms with Crippen LogP contribution in [0.15, 0.2) is 0 Å². The molecule has 2 fully saturated rings. The fourth-order valence-electron chi connectivity index (χ4n) is 0.118. The van der Waals surface area contributed by atoms with Crippen LogP contribution < -0.4 is 0 Å². The molecular weight excluding hydrogens is 144 g/mol. The van der Waals surface area contributed by atoms with Gasteiger partial charge in [-0.05, 0) is 6.42 Å². The maximum atomic E-state index is 9.40. The summed E-state index contributed by atoms with van der Waals surface area (Å²) in [6, 6.07) is 0. The van der Waals surface area contributed by atoms with Gasteiger partial charge in [-0.1, -0.05) is 6.92 Å². The molecule has 0 atom stereocenters. The van der Waals surface area contributed by atoms with Crippen LogP contribution in [-0.2, 0) is 14.3 Å². The first-order chi connectivity index (χ1) is 5.41. The number of ether oxygens (including phenoxy) is 2. The molecule has 0 aromatic carbocycles. The van der Waals surface area contributed by atoms with Gasteiger partial charge in [0, 0.05) is 6.42 Å². The van der Waals surface area contributed by atoms with Gasteiger partial charge in [0.25, 0.3) is 0 Å². The summed E-state index contributed by atoms with van der Waals surface area (Å²) in [5.74, 6) is 0. The van der Waals surface area contributed by atoms with E-state index in [1.54, 1.807) is 0 Å². The van der Waals surface area contributed by atoms with Crippen LogP contribution in [0.4, 0.5) is 0 Å². The quantitative estimate of drug-likeness (QED) is 0.447. The number of carbonyl (C=O) groups is 1. The first-order valence-electron chi connectivity index (χ1n) is 4.01. The number of rotatable bonds is 2. The Kier molecular flexibility index (Phi) is 9.23. The summed E-state index contributed by atoms with van der Waals surface area (Å²) < 4.78 is 9.00. The van der Waals surface area contributed by atoms with Crippen molar-refractivity contribution < 1.29 is 14.3 Å². The molecule has 11 heavy (non-hydrogen) atoms. The predicted octanol–water partition coefficient (Wildman–Crippen LogP) is 1.02. The van der Waals surface area contributed by atoms with Crippen LogP contribution in [-0.4, -0.2) is 32.7 Å². The minimum Gasteiger partial charge on any atom is -0.377 e. The second-order valence-corrected chi connectivity index (χ2v) is 2.18. The van der Waals surface area contributed by atoms with E-state index in [2.05, 4.69) is 9.47 Å². The van der Waals surface area contributed by atoms with E-state index < -0.39 is 0 Å². The zero-order valence-corrected chi connectivity index (χ0v) is 7.04. The predicted molar refractivity (Wildman–Crippen MR) is 42.6 cm³/mol. The van der Waals surface area contributed by atoms with Crippen molar-refractivity contribution in [2.24, 2.45) is 0 Å². The van der Waals surface area contributed by atoms with E-state index >= 15 is 0 Å². The Morgan fingerprint density at radius 2 is 1.55 bits per heavy atom. The highest BCUT2D eigenvalue weighted by Gasteiger charge is 1.94. The number of epoxide rings is 2. The Balaban J connectivity index is 0.000000142. The van der Waals surface area contributed by atoms with E-state index in [0.29, 0.717) is 6.42 Å². The molecule has 0 aromatic heterocycles. The topological polar surface area (TPSA) is 42.1 Å². The molecule has 0 N–H and O–H groups in total. The van der Waals surface area contributed by atoms with Crippen molar-refractivity contribution in [2.75, 3.05) is 26.4 Å². The van der Waals surface area contributed by atoms with Crippen molar-refractivity contribution in [1.29, 1.82) is 0 Å². The molecule has 0 aliphatic carbocycles. The van der Waals surface area contributed by atoms with Crippen molar-refractivity contribution in [3.05, 3.63) is 0 Å². The summed E-state index contributed by atoms with van der Waals surface area (Å²) in [6.45, 7) is 5.98. The summed E-state index contributed by atoms with van der Waals surface area (Å²) >= 11 is 0. The van der Waals surface area contributed by atoms with Crippen molar-refractivity contribution in [3.63, 3.8) is 0 Å². The van der Waals surface area contributed by atoms with Gasteiger partial charge in [-0.15, -0.1) is 0 Å². The monoisotopic (exact) mass is 160 g/mol. The van der Waals surface area contributed by atoms with Crippen LogP contribution in [0.3, 0.4) is 0 Å². The average Bonchev–Trinajstić information content (AvgIpc) is 2.85. The summed E-state index contributed by atoms with van der Waals surface area (Å²) in [6.07, 6.45) is 2.61. The van der Waals surface area contributed by atoms with Gasteiger partial charge in [-0.25, -0.2) is 0 Å². The molecule has 0 radical (unpaired) electrons. The largest absolute Gasteiger partial charge is 0.377 e. The summed E-state index contributed by atoms with van der Waals surface area (Å²) in [5.41, 5.74) is 0. The summed E-state index contributed by atoms with van der Waals surface area (Å²) in [4.78, 5) is 9.40. The second kappa shape index (κ2) is 9.59. The lowest BCUT2D eigenvalue weighted by Gasteiger charge is -1.68. The average molecular weight is 160 g/mol. The number of unbranched alkanes of at least 4 members (excludes halogenated alkanes) is 1. The normalized spacial score (nSPS) is 16.5. The minimum absolute atomic E-state index is 0.708. The number of aldehydes is 1. The third-order valence-electron chi connectivity index (χ3n) is 0.815. The third kappa shape index (κ3) is 42.9. The number of hydrogen-bond acceptors (Lipinski definition) is 3. The smallest absolute Gasteiger partial charge is 0.119 e. The Morgan fingerprint density at radius 1 is 1.18 bits per heavy atom. The van der Waals surface area contributed by atoms with E-state index in [0.717, 1.165) is 39.1 Å². The Labute approximate surface area is 67.7 Å². The maximum absolute atomic E-state index is 9.40. The molecule has 0 spiro atoms. The SMILES string of the molecule is C1CO1.C1CO1.CCCC=O. The molecule has 2 heterocycles. The van der Waals surface area contributed by atoms with Crippen LogP contribution in [0.1, 0.15) is 19.8 Å². The van der Waals surface area contributed by atoms with Crippen molar-refractivity contribution in [2.45, 2.75) is 19.8 Å². The zero-order valence-electron chi connectivity index (χ0n) is 7.04. The Hall–Kier alpha value is -0.410. The first kappa shape index (κ1) is 10.6. The van der Waals surface area contributed by atoms with Gasteiger partial charge in [0.1, 0.15) is 6.29 Å². The molecule has 2 aliphatic heterocycles. The van der Waals surface area contributed by atoms with Crippen molar-refractivity contribution in [1.82, 2.24) is 0 Å². The Bertz CT molecular complexity index is 67.9. The molecule has 2 saturated heterocycles. The van der Waals surface area contributed by atoms with E-state index in [1.165, 1.54) is 0 Å². The summed E-state index contributed by atoms with van der Waals surface area (Å²) in [5, 5.41) is 0. The molecule has 0 bridgehead atoms. The highest BCUT2D eigenvalue weighted by atomic mass is 16.6. The number of carbonyl (C=O) groups excluding carboxylic acids is 1. The van der Waals surface area contributed by atoms with Crippen LogP contribution in [0.2, 0.25) is 0 Å². The van der Waals surface area contributed by atoms with E-state index in [4.69, 9.17) is 0 Å². The lowest BCUT2D eigenvalue weighted by atomic mass is 10.4. The minimum atomic E-state index is 0.708. The van der Waals surface area contributed by atoms with Gasteiger partial charge < -0.3 is 14.3 Å². The van der Waals surface area contributed by atoms with Gasteiger partial charge in [0.05, 0.1) is 26.4 Å². The molecule has 3 nitrogen and oxygen atoms in total. The van der Waals surface area contributed by atoms with Crippen molar-refractivity contribution in [3.8, 4) is 0 Å². The van der Waals surface area contributed by atoms with Crippen molar-refractivity contribution >= 4 is 6.29 Å². The lowest BCUT2D eigenvalue weighted by molar-refractivity contribution is -0.107. The molecule has 2 rings (SSSR count). The van der Waals surface area contributed by atoms with E-state index in [-0.39, 0.29) is 0 Å². The molecule has 3 heteroatoms. The fraction of sp³-hybridized carbons (Fsp3) is 0.875. The summed E-state index contributed by atoms with van der Waals surface area (Å²) in [7, 11) is 0. The number of hydrogen-bond donors (Lipinski definition) is 0. The molecular formula is C8H16O3. The molecule has 0 saturated carbocycles. The molecule has 2 aliphatic rings. The van der Waals surface area contributed by atoms with Crippen LogP contribution in [0, 0.1) is 0 Å². The fourth-order valence-corrected chi connectivity index (χ4v) is 0.118. The van der Waals surface area contributed by atoms with Crippen LogP contribution in [0.5, 0.6) is 0 Å². The molecule has 0 unspecified atom stereocenters. The maximum Gasteiger partial charge on any atom is 0.119 e. The van der Waals surface area contributed by atoms with Crippen LogP contribution >= 0.6 is 0 Å². The highest BCUT2D eigenvalue weighted by molar-refractivity contribution is 5.48. The van der Waals surface area contributed by atoms with Gasteiger partial charge in [0.2, 0.25) is 0 Å². The Morgan fingerprint density at radius 3 is 1.55 bits per heavy atom.